The molecule has 0 radical (unpaired) electrons. The van der Waals surface area contributed by atoms with E-state index in [-0.39, 0.29) is 0 Å². The molecule has 0 unspecified atom stereocenters. The van der Waals surface area contributed by atoms with Crippen LogP contribution in [-0.2, 0) is 4.79 Å². The second-order valence-electron chi connectivity index (χ2n) is 3.49. The van der Waals surface area contributed by atoms with Crippen LogP contribution in [0.1, 0.15) is 19.4 Å². The Morgan fingerprint density at radius 1 is 1.29 bits per heavy atom. The fraction of sp³-hybridized carbons (Fsp3) is 0.250. The monoisotopic (exact) mass is 208 g/mol. The molecule has 0 aliphatic carbocycles. The lowest BCUT2D eigenvalue weighted by molar-refractivity contribution is -0.103. The van der Waals surface area contributed by atoms with E-state index in [1.807, 2.05) is 32.1 Å². The average molecular weight is 209 g/mol. The Morgan fingerprint density at radius 3 is 2.29 bits per heavy atom. The molecule has 1 rings (SSSR count). The zero-order valence-electron chi connectivity index (χ0n) is 8.33. The molecule has 0 aromatic heterocycles. The second-order valence-corrected chi connectivity index (χ2v) is 3.93. The van der Waals surface area contributed by atoms with Crippen LogP contribution in [-0.4, -0.2) is 6.29 Å². The Hall–Kier alpha value is -1.08. The van der Waals surface area contributed by atoms with Crippen LogP contribution in [0.25, 0.3) is 5.57 Å². The van der Waals surface area contributed by atoms with Crippen LogP contribution in [0.3, 0.4) is 0 Å². The van der Waals surface area contributed by atoms with Gasteiger partial charge in [0.15, 0.2) is 0 Å². The first-order valence-electron chi connectivity index (χ1n) is 4.56. The molecule has 0 saturated heterocycles. The molecule has 0 spiro atoms. The predicted octanol–water partition coefficient (Wildman–Crippen LogP) is 3.58. The number of hydrogen-bond donors (Lipinski definition) is 0. The van der Waals surface area contributed by atoms with Crippen LogP contribution in [0.5, 0.6) is 0 Å². The molecule has 0 saturated carbocycles. The van der Waals surface area contributed by atoms with Gasteiger partial charge in [0.2, 0.25) is 0 Å². The third-order valence-electron chi connectivity index (χ3n) is 1.82. The third kappa shape index (κ3) is 3.00. The lowest BCUT2D eigenvalue weighted by Crippen LogP contribution is -1.89. The Labute approximate surface area is 89.4 Å². The highest BCUT2D eigenvalue weighted by atomic mass is 35.5. The number of hydrogen-bond acceptors (Lipinski definition) is 1. The van der Waals surface area contributed by atoms with Gasteiger partial charge in [-0.3, -0.25) is 4.79 Å². The molecule has 0 aliphatic heterocycles. The molecule has 2 heteroatoms. The maximum absolute atomic E-state index is 10.8. The van der Waals surface area contributed by atoms with Gasteiger partial charge in [-0.1, -0.05) is 43.7 Å². The summed E-state index contributed by atoms with van der Waals surface area (Å²) in [7, 11) is 0. The van der Waals surface area contributed by atoms with Gasteiger partial charge in [-0.25, -0.2) is 0 Å². The van der Waals surface area contributed by atoms with Gasteiger partial charge in [0, 0.05) is 10.6 Å². The molecule has 0 bridgehead atoms. The molecule has 1 aromatic rings. The Bertz CT molecular complexity index is 336. The number of halogens is 1. The van der Waals surface area contributed by atoms with Crippen molar-refractivity contribution in [3.63, 3.8) is 0 Å². The molecule has 14 heavy (non-hydrogen) atoms. The molecule has 0 atom stereocenters. The quantitative estimate of drug-likeness (QED) is 0.548. The molecule has 0 amide bonds. The number of carbonyl (C=O) groups is 1. The van der Waals surface area contributed by atoms with Crippen LogP contribution in [0.4, 0.5) is 0 Å². The zero-order chi connectivity index (χ0) is 10.6. The van der Waals surface area contributed by atoms with Crippen LogP contribution >= 0.6 is 11.6 Å². The van der Waals surface area contributed by atoms with Gasteiger partial charge >= 0.3 is 0 Å². The summed E-state index contributed by atoms with van der Waals surface area (Å²) >= 11 is 5.76. The molecule has 1 nitrogen and oxygen atoms in total. The third-order valence-corrected chi connectivity index (χ3v) is 2.07. The highest BCUT2D eigenvalue weighted by molar-refractivity contribution is 6.30. The van der Waals surface area contributed by atoms with Gasteiger partial charge in [0.1, 0.15) is 6.29 Å². The summed E-state index contributed by atoms with van der Waals surface area (Å²) in [5, 5.41) is 0.684. The van der Waals surface area contributed by atoms with E-state index in [1.165, 1.54) is 0 Å². The Morgan fingerprint density at radius 2 is 1.86 bits per heavy atom. The Kier molecular flexibility index (Phi) is 3.90. The predicted molar refractivity (Wildman–Crippen MR) is 60.3 cm³/mol. The first-order chi connectivity index (χ1) is 6.63. The summed E-state index contributed by atoms with van der Waals surface area (Å²) < 4.78 is 0. The molecular weight excluding hydrogens is 196 g/mol. The van der Waals surface area contributed by atoms with Crippen molar-refractivity contribution >= 4 is 23.5 Å². The van der Waals surface area contributed by atoms with E-state index >= 15 is 0 Å². The van der Waals surface area contributed by atoms with E-state index in [0.717, 1.165) is 17.4 Å². The summed E-state index contributed by atoms with van der Waals surface area (Å²) in [4.78, 5) is 10.8. The summed E-state index contributed by atoms with van der Waals surface area (Å²) in [5.41, 5.74) is 1.63. The fourth-order valence-corrected chi connectivity index (χ4v) is 1.33. The fourth-order valence-electron chi connectivity index (χ4n) is 1.21. The maximum Gasteiger partial charge on any atom is 0.150 e. The molecule has 0 aliphatic rings. The van der Waals surface area contributed by atoms with Crippen LogP contribution < -0.4 is 0 Å². The molecular formula is C12H13ClO. The lowest BCUT2D eigenvalue weighted by atomic mass is 10.0. The van der Waals surface area contributed by atoms with Crippen molar-refractivity contribution in [3.05, 3.63) is 40.9 Å². The van der Waals surface area contributed by atoms with Crippen molar-refractivity contribution in [1.82, 2.24) is 0 Å². The van der Waals surface area contributed by atoms with Crippen molar-refractivity contribution in [2.75, 3.05) is 0 Å². The first kappa shape index (κ1) is 11.0. The van der Waals surface area contributed by atoms with E-state index in [4.69, 9.17) is 11.6 Å². The summed E-state index contributed by atoms with van der Waals surface area (Å²) in [6.07, 6.45) is 2.82. The Balaban J connectivity index is 3.01. The molecule has 0 heterocycles. The maximum atomic E-state index is 10.8. The molecule has 1 aromatic carbocycles. The topological polar surface area (TPSA) is 17.1 Å². The normalized spacial score (nSPS) is 11.9. The van der Waals surface area contributed by atoms with E-state index in [2.05, 4.69) is 0 Å². The van der Waals surface area contributed by atoms with Crippen molar-refractivity contribution < 1.29 is 4.79 Å². The van der Waals surface area contributed by atoms with Crippen LogP contribution in [0, 0.1) is 5.92 Å². The van der Waals surface area contributed by atoms with Crippen LogP contribution in [0.2, 0.25) is 5.02 Å². The standard InChI is InChI=1S/C12H13ClO/c1-9(2)7-11(8-14)10-3-5-12(13)6-4-10/h3-9H,1-2H3. The van der Waals surface area contributed by atoms with Crippen LogP contribution in [0.15, 0.2) is 30.3 Å². The van der Waals surface area contributed by atoms with Gasteiger partial charge in [0.05, 0.1) is 0 Å². The number of aldehydes is 1. The van der Waals surface area contributed by atoms with Crippen molar-refractivity contribution in [1.29, 1.82) is 0 Å². The summed E-state index contributed by atoms with van der Waals surface area (Å²) in [5.74, 6) is 0.367. The smallest absolute Gasteiger partial charge is 0.150 e. The van der Waals surface area contributed by atoms with Gasteiger partial charge in [-0.15, -0.1) is 0 Å². The van der Waals surface area contributed by atoms with Crippen molar-refractivity contribution in [3.8, 4) is 0 Å². The number of allylic oxidation sites excluding steroid dienone is 2. The van der Waals surface area contributed by atoms with Gasteiger partial charge in [-0.2, -0.15) is 0 Å². The minimum absolute atomic E-state index is 0.367. The summed E-state index contributed by atoms with van der Waals surface area (Å²) in [6.45, 7) is 4.08. The minimum atomic E-state index is 0.367. The van der Waals surface area contributed by atoms with E-state index in [9.17, 15) is 4.79 Å². The highest BCUT2D eigenvalue weighted by Gasteiger charge is 2.00. The lowest BCUT2D eigenvalue weighted by Gasteiger charge is -2.02. The number of rotatable bonds is 3. The van der Waals surface area contributed by atoms with Gasteiger partial charge < -0.3 is 0 Å². The van der Waals surface area contributed by atoms with Gasteiger partial charge in [-0.05, 0) is 23.6 Å². The molecule has 0 fully saturated rings. The zero-order valence-corrected chi connectivity index (χ0v) is 9.08. The minimum Gasteiger partial charge on any atom is -0.298 e. The first-order valence-corrected chi connectivity index (χ1v) is 4.94. The van der Waals surface area contributed by atoms with Crippen molar-refractivity contribution in [2.24, 2.45) is 5.92 Å². The van der Waals surface area contributed by atoms with E-state index in [0.29, 0.717) is 10.9 Å². The average Bonchev–Trinajstić information content (AvgIpc) is 2.15. The molecule has 0 N–H and O–H groups in total. The second kappa shape index (κ2) is 4.97. The number of benzene rings is 1. The van der Waals surface area contributed by atoms with Gasteiger partial charge in [0.25, 0.3) is 0 Å². The van der Waals surface area contributed by atoms with E-state index in [1.54, 1.807) is 12.1 Å². The SMILES string of the molecule is CC(C)C=C(C=O)c1ccc(Cl)cc1. The summed E-state index contributed by atoms with van der Waals surface area (Å²) in [6, 6.07) is 7.28. The number of carbonyl (C=O) groups excluding carboxylic acids is 1. The molecule has 74 valence electrons. The van der Waals surface area contributed by atoms with E-state index < -0.39 is 0 Å². The largest absolute Gasteiger partial charge is 0.298 e. The highest BCUT2D eigenvalue weighted by Crippen LogP contribution is 2.17. The van der Waals surface area contributed by atoms with Crippen molar-refractivity contribution in [2.45, 2.75) is 13.8 Å².